The van der Waals surface area contributed by atoms with Gasteiger partial charge in [0.05, 0.1) is 12.3 Å². The van der Waals surface area contributed by atoms with E-state index in [9.17, 15) is 27.6 Å². The van der Waals surface area contributed by atoms with Crippen molar-refractivity contribution in [2.24, 2.45) is 5.92 Å². The van der Waals surface area contributed by atoms with Crippen LogP contribution in [-0.2, 0) is 4.79 Å². The molecule has 1 unspecified atom stereocenters. The Labute approximate surface area is 99.6 Å². The number of carbonyl (C=O) groups excluding carboxylic acids is 3. The summed E-state index contributed by atoms with van der Waals surface area (Å²) in [6.07, 6.45) is -6.26. The first-order chi connectivity index (χ1) is 8.31. The second-order valence-corrected chi connectivity index (χ2v) is 3.98. The second-order valence-electron chi connectivity index (χ2n) is 3.98. The molecule has 0 spiro atoms. The molecule has 1 aromatic rings. The molecule has 0 radical (unpaired) electrons. The highest BCUT2D eigenvalue weighted by molar-refractivity contribution is 6.51. The number of hydrogen-bond acceptors (Lipinski definition) is 3. The molecule has 18 heavy (non-hydrogen) atoms. The van der Waals surface area contributed by atoms with Gasteiger partial charge >= 0.3 is 6.18 Å². The number of hydrogen-bond donors (Lipinski definition) is 0. The normalized spacial score (nSPS) is 19.9. The van der Waals surface area contributed by atoms with Gasteiger partial charge in [-0.15, -0.1) is 0 Å². The highest BCUT2D eigenvalue weighted by Crippen LogP contribution is 2.32. The maximum Gasteiger partial charge on any atom is 0.390 e. The van der Waals surface area contributed by atoms with Crippen molar-refractivity contribution in [2.75, 3.05) is 0 Å². The molecule has 94 valence electrons. The quantitative estimate of drug-likeness (QED) is 0.571. The lowest BCUT2D eigenvalue weighted by Gasteiger charge is -2.21. The Hall–Kier alpha value is -1.98. The molecule has 0 saturated heterocycles. The topological polar surface area (TPSA) is 51.2 Å². The molecule has 1 aromatic carbocycles. The van der Waals surface area contributed by atoms with Crippen molar-refractivity contribution in [2.45, 2.75) is 12.6 Å². The Balaban J connectivity index is 2.46. The SMILES string of the molecule is O=C1C(=O)C(CC(F)(F)F)C(=O)c2ccccc21. The maximum absolute atomic E-state index is 12.3. The van der Waals surface area contributed by atoms with Crippen molar-refractivity contribution in [1.29, 1.82) is 0 Å². The van der Waals surface area contributed by atoms with Gasteiger partial charge < -0.3 is 0 Å². The number of rotatable bonds is 1. The van der Waals surface area contributed by atoms with E-state index in [2.05, 4.69) is 0 Å². The van der Waals surface area contributed by atoms with Crippen molar-refractivity contribution in [3.05, 3.63) is 35.4 Å². The van der Waals surface area contributed by atoms with Crippen LogP contribution in [0.4, 0.5) is 13.2 Å². The standard InChI is InChI=1S/C12H7F3O3/c13-12(14,15)5-8-9(16)6-3-1-2-4-7(6)10(17)11(8)18/h1-4,8H,5H2. The molecule has 0 saturated carbocycles. The van der Waals surface area contributed by atoms with Gasteiger partial charge in [0.2, 0.25) is 11.6 Å². The molecule has 0 aromatic heterocycles. The fourth-order valence-corrected chi connectivity index (χ4v) is 1.91. The van der Waals surface area contributed by atoms with E-state index in [0.717, 1.165) is 0 Å². The first kappa shape index (κ1) is 12.5. The van der Waals surface area contributed by atoms with E-state index < -0.39 is 35.9 Å². The van der Waals surface area contributed by atoms with Gasteiger partial charge in [0, 0.05) is 11.1 Å². The van der Waals surface area contributed by atoms with E-state index in [4.69, 9.17) is 0 Å². The molecule has 0 aliphatic heterocycles. The van der Waals surface area contributed by atoms with Crippen LogP contribution >= 0.6 is 0 Å². The third kappa shape index (κ3) is 2.05. The van der Waals surface area contributed by atoms with Crippen LogP contribution in [0.15, 0.2) is 24.3 Å². The summed E-state index contributed by atoms with van der Waals surface area (Å²) in [5, 5.41) is 0. The van der Waals surface area contributed by atoms with Gasteiger partial charge in [-0.2, -0.15) is 13.2 Å². The number of Topliss-reactive ketones (excluding diaryl/α,β-unsaturated/α-hetero) is 3. The molecule has 3 nitrogen and oxygen atoms in total. The maximum atomic E-state index is 12.3. The summed E-state index contributed by atoms with van der Waals surface area (Å²) in [7, 11) is 0. The summed E-state index contributed by atoms with van der Waals surface area (Å²) in [5.41, 5.74) is -0.234. The third-order valence-corrected chi connectivity index (χ3v) is 2.73. The zero-order valence-corrected chi connectivity index (χ0v) is 8.95. The Bertz CT molecular complexity index is 546. The zero-order valence-electron chi connectivity index (χ0n) is 8.95. The number of halogens is 3. The van der Waals surface area contributed by atoms with Crippen LogP contribution in [0.5, 0.6) is 0 Å². The van der Waals surface area contributed by atoms with Crippen LogP contribution in [0, 0.1) is 5.92 Å². The number of ketones is 3. The Morgan fingerprint density at radius 3 is 2.06 bits per heavy atom. The largest absolute Gasteiger partial charge is 0.390 e. The lowest BCUT2D eigenvalue weighted by atomic mass is 9.79. The van der Waals surface area contributed by atoms with Crippen molar-refractivity contribution in [1.82, 2.24) is 0 Å². The number of alkyl halides is 3. The molecular weight excluding hydrogens is 249 g/mol. The predicted octanol–water partition coefficient (Wildman–Crippen LogP) is 2.20. The van der Waals surface area contributed by atoms with Crippen LogP contribution in [-0.4, -0.2) is 23.5 Å². The average Bonchev–Trinajstić information content (AvgIpc) is 2.31. The average molecular weight is 256 g/mol. The van der Waals surface area contributed by atoms with Crippen LogP contribution in [0.1, 0.15) is 27.1 Å². The summed E-state index contributed by atoms with van der Waals surface area (Å²) in [5.74, 6) is -5.18. The molecule has 0 fully saturated rings. The minimum Gasteiger partial charge on any atom is -0.293 e. The molecule has 1 atom stereocenters. The molecule has 2 rings (SSSR count). The smallest absolute Gasteiger partial charge is 0.293 e. The van der Waals surface area contributed by atoms with Gasteiger partial charge in [0.1, 0.15) is 0 Å². The summed E-state index contributed by atoms with van der Waals surface area (Å²) in [4.78, 5) is 34.9. The van der Waals surface area contributed by atoms with E-state index in [-0.39, 0.29) is 11.1 Å². The molecule has 0 heterocycles. The van der Waals surface area contributed by atoms with Gasteiger partial charge in [0.25, 0.3) is 0 Å². The molecule has 1 aliphatic carbocycles. The van der Waals surface area contributed by atoms with Crippen LogP contribution in [0.2, 0.25) is 0 Å². The predicted molar refractivity (Wildman–Crippen MR) is 54.3 cm³/mol. The summed E-state index contributed by atoms with van der Waals surface area (Å²) >= 11 is 0. The zero-order chi connectivity index (χ0) is 13.5. The summed E-state index contributed by atoms with van der Waals surface area (Å²) in [6, 6.07) is 5.40. The van der Waals surface area contributed by atoms with E-state index in [0.29, 0.717) is 0 Å². The summed E-state index contributed by atoms with van der Waals surface area (Å²) < 4.78 is 36.8. The highest BCUT2D eigenvalue weighted by atomic mass is 19.4. The molecule has 1 aliphatic rings. The van der Waals surface area contributed by atoms with Gasteiger partial charge in [0.15, 0.2) is 5.78 Å². The minimum atomic E-state index is -4.66. The van der Waals surface area contributed by atoms with E-state index >= 15 is 0 Å². The highest BCUT2D eigenvalue weighted by Gasteiger charge is 2.45. The van der Waals surface area contributed by atoms with E-state index in [1.807, 2.05) is 0 Å². The monoisotopic (exact) mass is 256 g/mol. The second kappa shape index (κ2) is 4.04. The van der Waals surface area contributed by atoms with Crippen molar-refractivity contribution in [3.63, 3.8) is 0 Å². The fourth-order valence-electron chi connectivity index (χ4n) is 1.91. The van der Waals surface area contributed by atoms with Gasteiger partial charge in [-0.3, -0.25) is 14.4 Å². The molecule has 0 N–H and O–H groups in total. The van der Waals surface area contributed by atoms with Crippen molar-refractivity contribution >= 4 is 17.3 Å². The van der Waals surface area contributed by atoms with Crippen LogP contribution in [0.3, 0.4) is 0 Å². The van der Waals surface area contributed by atoms with Crippen molar-refractivity contribution in [3.8, 4) is 0 Å². The first-order valence-electron chi connectivity index (χ1n) is 5.10. The molecule has 6 heteroatoms. The van der Waals surface area contributed by atoms with E-state index in [1.165, 1.54) is 24.3 Å². The first-order valence-corrected chi connectivity index (χ1v) is 5.10. The van der Waals surface area contributed by atoms with Crippen molar-refractivity contribution < 1.29 is 27.6 Å². The molecule has 0 bridgehead atoms. The van der Waals surface area contributed by atoms with Gasteiger partial charge in [-0.25, -0.2) is 0 Å². The Morgan fingerprint density at radius 1 is 0.944 bits per heavy atom. The van der Waals surface area contributed by atoms with E-state index in [1.54, 1.807) is 0 Å². The number of benzene rings is 1. The number of fused-ring (bicyclic) bond motifs is 1. The summed E-state index contributed by atoms with van der Waals surface area (Å²) in [6.45, 7) is 0. The Kier molecular flexibility index (Phi) is 2.80. The number of carbonyl (C=O) groups is 3. The van der Waals surface area contributed by atoms with Crippen LogP contribution < -0.4 is 0 Å². The van der Waals surface area contributed by atoms with Gasteiger partial charge in [-0.1, -0.05) is 24.3 Å². The lowest BCUT2D eigenvalue weighted by Crippen LogP contribution is -2.39. The van der Waals surface area contributed by atoms with Crippen LogP contribution in [0.25, 0.3) is 0 Å². The third-order valence-electron chi connectivity index (χ3n) is 2.73. The molecule has 0 amide bonds. The van der Waals surface area contributed by atoms with Gasteiger partial charge in [-0.05, 0) is 0 Å². The minimum absolute atomic E-state index is 0.114. The Morgan fingerprint density at radius 2 is 1.50 bits per heavy atom. The lowest BCUT2D eigenvalue weighted by molar-refractivity contribution is -0.148. The molecular formula is C12H7F3O3. The fraction of sp³-hybridized carbons (Fsp3) is 0.250.